The molecule has 2 N–H and O–H groups in total. The minimum Gasteiger partial charge on any atom is -0.389 e. The second-order valence-electron chi connectivity index (χ2n) is 4.35. The molecule has 1 saturated heterocycles. The van der Waals surface area contributed by atoms with Crippen LogP contribution in [-0.2, 0) is 4.74 Å². The molecule has 5 nitrogen and oxygen atoms in total. The fourth-order valence-electron chi connectivity index (χ4n) is 1.93. The molecule has 0 bridgehead atoms. The Hall–Kier alpha value is -1.66. The zero-order valence-electron chi connectivity index (χ0n) is 10.8. The van der Waals surface area contributed by atoms with Crippen molar-refractivity contribution in [1.82, 2.24) is 4.90 Å². The number of carbonyl (C=O) groups excluding carboxylic acids is 1. The number of urea groups is 1. The van der Waals surface area contributed by atoms with Gasteiger partial charge in [-0.1, -0.05) is 12.2 Å². The Morgan fingerprint density at radius 3 is 2.42 bits per heavy atom. The van der Waals surface area contributed by atoms with E-state index in [-0.39, 0.29) is 6.03 Å². The maximum Gasteiger partial charge on any atom is 0.324 e. The molecule has 1 fully saturated rings. The van der Waals surface area contributed by atoms with E-state index in [1.807, 2.05) is 24.3 Å². The Kier molecular flexibility index (Phi) is 4.34. The normalized spacial score (nSPS) is 15.1. The van der Waals surface area contributed by atoms with E-state index < -0.39 is 0 Å². The molecular formula is C13H17N3O2S. The van der Waals surface area contributed by atoms with Crippen LogP contribution >= 0.6 is 12.2 Å². The van der Waals surface area contributed by atoms with Gasteiger partial charge in [-0.3, -0.25) is 4.90 Å². The van der Waals surface area contributed by atoms with Gasteiger partial charge in [0.1, 0.15) is 4.99 Å². The highest BCUT2D eigenvalue weighted by molar-refractivity contribution is 7.80. The van der Waals surface area contributed by atoms with E-state index in [9.17, 15) is 4.79 Å². The maximum absolute atomic E-state index is 12.3. The third kappa shape index (κ3) is 3.21. The monoisotopic (exact) mass is 279 g/mol. The summed E-state index contributed by atoms with van der Waals surface area (Å²) in [6.07, 6.45) is 0. The molecule has 0 aliphatic carbocycles. The second kappa shape index (κ2) is 5.99. The van der Waals surface area contributed by atoms with Crippen molar-refractivity contribution in [2.24, 2.45) is 5.73 Å². The molecule has 0 saturated carbocycles. The van der Waals surface area contributed by atoms with Gasteiger partial charge in [0.2, 0.25) is 0 Å². The number of thiocarbonyl (C=S) groups is 1. The number of rotatable bonds is 2. The van der Waals surface area contributed by atoms with Gasteiger partial charge in [0.25, 0.3) is 0 Å². The predicted molar refractivity (Wildman–Crippen MR) is 78.5 cm³/mol. The van der Waals surface area contributed by atoms with Crippen LogP contribution in [-0.4, -0.2) is 49.3 Å². The Morgan fingerprint density at radius 2 is 1.89 bits per heavy atom. The van der Waals surface area contributed by atoms with E-state index in [0.717, 1.165) is 11.3 Å². The van der Waals surface area contributed by atoms with E-state index in [4.69, 9.17) is 22.7 Å². The van der Waals surface area contributed by atoms with Gasteiger partial charge in [0, 0.05) is 31.4 Å². The molecule has 1 aromatic rings. The minimum absolute atomic E-state index is 0.0219. The van der Waals surface area contributed by atoms with Gasteiger partial charge < -0.3 is 15.4 Å². The Balaban J connectivity index is 2.07. The molecule has 0 unspecified atom stereocenters. The van der Waals surface area contributed by atoms with E-state index in [2.05, 4.69) is 0 Å². The first kappa shape index (κ1) is 13.8. The first-order valence-corrected chi connectivity index (χ1v) is 6.50. The molecule has 2 amide bonds. The number of hydrogen-bond acceptors (Lipinski definition) is 3. The molecule has 1 aliphatic rings. The highest BCUT2D eigenvalue weighted by Crippen LogP contribution is 2.16. The van der Waals surface area contributed by atoms with Gasteiger partial charge in [-0.15, -0.1) is 0 Å². The number of morpholine rings is 1. The summed E-state index contributed by atoms with van der Waals surface area (Å²) in [6, 6.07) is 7.30. The van der Waals surface area contributed by atoms with Crippen LogP contribution in [0, 0.1) is 0 Å². The average Bonchev–Trinajstić information content (AvgIpc) is 2.46. The summed E-state index contributed by atoms with van der Waals surface area (Å²) in [6.45, 7) is 2.46. The lowest BCUT2D eigenvalue weighted by Gasteiger charge is -2.31. The van der Waals surface area contributed by atoms with Crippen LogP contribution in [0.25, 0.3) is 0 Å². The summed E-state index contributed by atoms with van der Waals surface area (Å²) in [5.74, 6) is 0. The Bertz CT molecular complexity index is 469. The molecule has 1 heterocycles. The van der Waals surface area contributed by atoms with Crippen molar-refractivity contribution in [2.75, 3.05) is 38.3 Å². The van der Waals surface area contributed by atoms with E-state index in [0.29, 0.717) is 31.3 Å². The fourth-order valence-corrected chi connectivity index (χ4v) is 2.06. The van der Waals surface area contributed by atoms with E-state index in [1.54, 1.807) is 16.8 Å². The molecule has 102 valence electrons. The van der Waals surface area contributed by atoms with Gasteiger partial charge in [-0.25, -0.2) is 4.79 Å². The molecule has 0 radical (unpaired) electrons. The van der Waals surface area contributed by atoms with Crippen LogP contribution in [0.3, 0.4) is 0 Å². The largest absolute Gasteiger partial charge is 0.389 e. The lowest BCUT2D eigenvalue weighted by atomic mass is 10.2. The second-order valence-corrected chi connectivity index (χ2v) is 4.79. The van der Waals surface area contributed by atoms with Crippen LogP contribution in [0.5, 0.6) is 0 Å². The molecule has 0 aromatic heterocycles. The zero-order valence-corrected chi connectivity index (χ0v) is 11.7. The lowest BCUT2D eigenvalue weighted by molar-refractivity contribution is 0.0551. The standard InChI is InChI=1S/C13H17N3O2S/c1-15(13(17)16-6-8-18-9-7-16)11-4-2-10(3-5-11)12(14)19/h2-5H,6-9H2,1H3,(H2,14,19). The van der Waals surface area contributed by atoms with Gasteiger partial charge in [0.05, 0.1) is 13.2 Å². The molecule has 1 aliphatic heterocycles. The summed E-state index contributed by atoms with van der Waals surface area (Å²) < 4.78 is 5.24. The number of hydrogen-bond donors (Lipinski definition) is 1. The maximum atomic E-state index is 12.3. The van der Waals surface area contributed by atoms with Crippen molar-refractivity contribution in [3.8, 4) is 0 Å². The van der Waals surface area contributed by atoms with Gasteiger partial charge in [-0.2, -0.15) is 0 Å². The van der Waals surface area contributed by atoms with Gasteiger partial charge in [-0.05, 0) is 24.3 Å². The topological polar surface area (TPSA) is 58.8 Å². The number of amides is 2. The molecule has 1 aromatic carbocycles. The van der Waals surface area contributed by atoms with Crippen molar-refractivity contribution in [3.05, 3.63) is 29.8 Å². The van der Waals surface area contributed by atoms with Crippen LogP contribution in [0.2, 0.25) is 0 Å². The third-order valence-electron chi connectivity index (χ3n) is 3.11. The number of anilines is 1. The van der Waals surface area contributed by atoms with Gasteiger partial charge in [0.15, 0.2) is 0 Å². The lowest BCUT2D eigenvalue weighted by Crippen LogP contribution is -2.47. The van der Waals surface area contributed by atoms with Crippen molar-refractivity contribution in [3.63, 3.8) is 0 Å². The van der Waals surface area contributed by atoms with Crippen LogP contribution in [0.15, 0.2) is 24.3 Å². The average molecular weight is 279 g/mol. The number of ether oxygens (including phenoxy) is 1. The van der Waals surface area contributed by atoms with Crippen LogP contribution in [0.1, 0.15) is 5.56 Å². The first-order valence-electron chi connectivity index (χ1n) is 6.10. The summed E-state index contributed by atoms with van der Waals surface area (Å²) in [4.78, 5) is 16.0. The van der Waals surface area contributed by atoms with Gasteiger partial charge >= 0.3 is 6.03 Å². The van der Waals surface area contributed by atoms with Crippen molar-refractivity contribution in [2.45, 2.75) is 0 Å². The van der Waals surface area contributed by atoms with Crippen LogP contribution < -0.4 is 10.6 Å². The smallest absolute Gasteiger partial charge is 0.324 e. The van der Waals surface area contributed by atoms with Crippen LogP contribution in [0.4, 0.5) is 10.5 Å². The van der Waals surface area contributed by atoms with E-state index in [1.165, 1.54) is 0 Å². The highest BCUT2D eigenvalue weighted by atomic mass is 32.1. The number of carbonyl (C=O) groups is 1. The molecule has 19 heavy (non-hydrogen) atoms. The van der Waals surface area contributed by atoms with E-state index >= 15 is 0 Å². The van der Waals surface area contributed by atoms with Crippen molar-refractivity contribution in [1.29, 1.82) is 0 Å². The quantitative estimate of drug-likeness (QED) is 0.827. The zero-order chi connectivity index (χ0) is 13.8. The molecule has 0 spiro atoms. The fraction of sp³-hybridized carbons (Fsp3) is 0.385. The number of nitrogens with zero attached hydrogens (tertiary/aromatic N) is 2. The van der Waals surface area contributed by atoms with Crippen molar-refractivity contribution >= 4 is 28.9 Å². The number of benzene rings is 1. The first-order chi connectivity index (χ1) is 9.09. The summed E-state index contributed by atoms with van der Waals surface area (Å²) in [5.41, 5.74) is 7.16. The molecule has 2 rings (SSSR count). The third-order valence-corrected chi connectivity index (χ3v) is 3.34. The summed E-state index contributed by atoms with van der Waals surface area (Å²) >= 11 is 4.90. The number of nitrogens with two attached hydrogens (primary N) is 1. The summed E-state index contributed by atoms with van der Waals surface area (Å²) in [7, 11) is 1.76. The molecular weight excluding hydrogens is 262 g/mol. The Morgan fingerprint density at radius 1 is 1.32 bits per heavy atom. The minimum atomic E-state index is -0.0219. The summed E-state index contributed by atoms with van der Waals surface area (Å²) in [5, 5.41) is 0. The molecule has 6 heteroatoms. The van der Waals surface area contributed by atoms with Crippen molar-refractivity contribution < 1.29 is 9.53 Å². The predicted octanol–water partition coefficient (Wildman–Crippen LogP) is 1.21. The molecule has 0 atom stereocenters. The Labute approximate surface area is 117 Å². The SMILES string of the molecule is CN(C(=O)N1CCOCC1)c1ccc(C(N)=S)cc1. The highest BCUT2D eigenvalue weighted by Gasteiger charge is 2.21.